The zero-order chi connectivity index (χ0) is 8.55. The number of nitrogen functional groups attached to an aromatic ring is 1. The number of anilines is 1. The van der Waals surface area contributed by atoms with Gasteiger partial charge in [-0.05, 0) is 6.42 Å². The molecule has 0 bridgehead atoms. The Morgan fingerprint density at radius 1 is 1.50 bits per heavy atom. The zero-order valence-electron chi connectivity index (χ0n) is 6.91. The fraction of sp³-hybridized carbons (Fsp3) is 0.375. The first-order valence-electron chi connectivity index (χ1n) is 3.96. The summed E-state index contributed by atoms with van der Waals surface area (Å²) in [4.78, 5) is 12.4. The normalized spacial score (nSPS) is 14.2. The molecule has 1 aromatic rings. The summed E-state index contributed by atoms with van der Waals surface area (Å²) in [6, 6.07) is 0. The fourth-order valence-electron chi connectivity index (χ4n) is 1.41. The highest BCUT2D eigenvalue weighted by Crippen LogP contribution is 2.21. The number of hydrogen-bond donors (Lipinski definition) is 1. The molecule has 1 aromatic heterocycles. The van der Waals surface area contributed by atoms with Crippen molar-refractivity contribution in [1.82, 2.24) is 9.97 Å². The van der Waals surface area contributed by atoms with Gasteiger partial charge in [-0.25, -0.2) is 9.97 Å². The number of hydrogen-bond acceptors (Lipinski definition) is 4. The molecular formula is C8H10N4. The second kappa shape index (κ2) is 2.55. The van der Waals surface area contributed by atoms with E-state index >= 15 is 0 Å². The Hall–Kier alpha value is -1.45. The van der Waals surface area contributed by atoms with Gasteiger partial charge < -0.3 is 5.73 Å². The van der Waals surface area contributed by atoms with E-state index in [1.165, 1.54) is 6.33 Å². The number of aromatic nitrogens is 2. The van der Waals surface area contributed by atoms with Crippen molar-refractivity contribution in [2.75, 3.05) is 5.73 Å². The van der Waals surface area contributed by atoms with Gasteiger partial charge in [-0.15, -0.1) is 0 Å². The van der Waals surface area contributed by atoms with Crippen molar-refractivity contribution < 1.29 is 0 Å². The number of aliphatic imine (C=N–C) groups is 1. The molecule has 2 rings (SSSR count). The average Bonchev–Trinajstić information content (AvgIpc) is 2.49. The molecule has 62 valence electrons. The predicted octanol–water partition coefficient (Wildman–Crippen LogP) is 0.772. The van der Waals surface area contributed by atoms with Crippen molar-refractivity contribution in [2.24, 2.45) is 4.99 Å². The van der Waals surface area contributed by atoms with Gasteiger partial charge in [-0.1, -0.05) is 6.92 Å². The van der Waals surface area contributed by atoms with E-state index in [1.807, 2.05) is 0 Å². The van der Waals surface area contributed by atoms with Crippen LogP contribution >= 0.6 is 0 Å². The zero-order valence-corrected chi connectivity index (χ0v) is 6.91. The minimum absolute atomic E-state index is 0.554. The minimum Gasteiger partial charge on any atom is -0.383 e. The van der Waals surface area contributed by atoms with Crippen molar-refractivity contribution in [3.8, 4) is 0 Å². The first-order valence-corrected chi connectivity index (χ1v) is 3.96. The monoisotopic (exact) mass is 162 g/mol. The van der Waals surface area contributed by atoms with Gasteiger partial charge >= 0.3 is 0 Å². The van der Waals surface area contributed by atoms with Crippen LogP contribution in [-0.2, 0) is 6.54 Å². The third-order valence-electron chi connectivity index (χ3n) is 2.00. The Balaban J connectivity index is 2.57. The summed E-state index contributed by atoms with van der Waals surface area (Å²) >= 11 is 0. The first kappa shape index (κ1) is 7.21. The van der Waals surface area contributed by atoms with Crippen LogP contribution in [0.3, 0.4) is 0 Å². The molecule has 0 aliphatic carbocycles. The Morgan fingerprint density at radius 2 is 2.33 bits per heavy atom. The van der Waals surface area contributed by atoms with Crippen molar-refractivity contribution in [3.63, 3.8) is 0 Å². The molecule has 12 heavy (non-hydrogen) atoms. The van der Waals surface area contributed by atoms with E-state index in [9.17, 15) is 0 Å². The van der Waals surface area contributed by atoms with Gasteiger partial charge in [0.2, 0.25) is 0 Å². The van der Waals surface area contributed by atoms with Crippen LogP contribution in [0.2, 0.25) is 0 Å². The van der Waals surface area contributed by atoms with Gasteiger partial charge in [0, 0.05) is 5.71 Å². The van der Waals surface area contributed by atoms with Crippen LogP contribution in [-0.4, -0.2) is 15.7 Å². The summed E-state index contributed by atoms with van der Waals surface area (Å²) in [6.45, 7) is 2.71. The Bertz CT molecular complexity index is 343. The SMILES string of the molecule is CCC1=NCc2ncnc(N)c21. The van der Waals surface area contributed by atoms with Crippen molar-refractivity contribution >= 4 is 11.5 Å². The maximum Gasteiger partial charge on any atom is 0.136 e. The molecule has 0 aromatic carbocycles. The van der Waals surface area contributed by atoms with Crippen LogP contribution in [0.4, 0.5) is 5.82 Å². The lowest BCUT2D eigenvalue weighted by atomic mass is 10.1. The van der Waals surface area contributed by atoms with Gasteiger partial charge in [0.25, 0.3) is 0 Å². The van der Waals surface area contributed by atoms with Gasteiger partial charge in [-0.3, -0.25) is 4.99 Å². The molecule has 0 fully saturated rings. The fourth-order valence-corrected chi connectivity index (χ4v) is 1.41. The van der Waals surface area contributed by atoms with Crippen LogP contribution in [0.15, 0.2) is 11.3 Å². The molecular weight excluding hydrogens is 152 g/mol. The molecule has 1 aliphatic heterocycles. The van der Waals surface area contributed by atoms with Crippen LogP contribution in [0.1, 0.15) is 24.6 Å². The van der Waals surface area contributed by atoms with E-state index in [0.717, 1.165) is 23.4 Å². The van der Waals surface area contributed by atoms with Crippen LogP contribution < -0.4 is 5.73 Å². The van der Waals surface area contributed by atoms with Gasteiger partial charge in [0.05, 0.1) is 17.8 Å². The smallest absolute Gasteiger partial charge is 0.136 e. The summed E-state index contributed by atoms with van der Waals surface area (Å²) in [6.07, 6.45) is 2.38. The summed E-state index contributed by atoms with van der Waals surface area (Å²) in [5.41, 5.74) is 8.65. The molecule has 0 saturated carbocycles. The quantitative estimate of drug-likeness (QED) is 0.663. The second-order valence-electron chi connectivity index (χ2n) is 2.70. The summed E-state index contributed by atoms with van der Waals surface area (Å²) in [5.74, 6) is 0.554. The molecule has 0 unspecified atom stereocenters. The minimum atomic E-state index is 0.554. The van der Waals surface area contributed by atoms with Crippen LogP contribution in [0, 0.1) is 0 Å². The van der Waals surface area contributed by atoms with E-state index in [4.69, 9.17) is 5.73 Å². The highest BCUT2D eigenvalue weighted by atomic mass is 15.0. The third-order valence-corrected chi connectivity index (χ3v) is 2.00. The molecule has 0 amide bonds. The highest BCUT2D eigenvalue weighted by Gasteiger charge is 2.18. The Morgan fingerprint density at radius 3 is 3.08 bits per heavy atom. The number of fused-ring (bicyclic) bond motifs is 1. The summed E-state index contributed by atoms with van der Waals surface area (Å²) < 4.78 is 0. The maximum absolute atomic E-state index is 5.71. The molecule has 2 heterocycles. The second-order valence-corrected chi connectivity index (χ2v) is 2.70. The van der Waals surface area contributed by atoms with Crippen LogP contribution in [0.5, 0.6) is 0 Å². The molecule has 1 aliphatic rings. The molecule has 0 atom stereocenters. The highest BCUT2D eigenvalue weighted by molar-refractivity contribution is 6.06. The van der Waals surface area contributed by atoms with E-state index in [2.05, 4.69) is 21.9 Å². The average molecular weight is 162 g/mol. The number of nitrogens with two attached hydrogens (primary N) is 1. The van der Waals surface area contributed by atoms with Gasteiger partial charge in [0.15, 0.2) is 0 Å². The number of rotatable bonds is 1. The van der Waals surface area contributed by atoms with Crippen molar-refractivity contribution in [2.45, 2.75) is 19.9 Å². The summed E-state index contributed by atoms with van der Waals surface area (Å²) in [7, 11) is 0. The lowest BCUT2D eigenvalue weighted by molar-refractivity contribution is 0.996. The molecule has 0 spiro atoms. The maximum atomic E-state index is 5.71. The first-order chi connectivity index (χ1) is 5.83. The van der Waals surface area contributed by atoms with E-state index in [0.29, 0.717) is 12.4 Å². The molecule has 4 heteroatoms. The van der Waals surface area contributed by atoms with Gasteiger partial charge in [-0.2, -0.15) is 0 Å². The van der Waals surface area contributed by atoms with Crippen molar-refractivity contribution in [3.05, 3.63) is 17.6 Å². The standard InChI is InChI=1S/C8H10N4/c1-2-5-7-6(3-10-5)11-4-12-8(7)9/h4H,2-3H2,1H3,(H2,9,11,12). The van der Waals surface area contributed by atoms with Crippen LogP contribution in [0.25, 0.3) is 0 Å². The summed E-state index contributed by atoms with van der Waals surface area (Å²) in [5, 5.41) is 0. The number of nitrogens with zero attached hydrogens (tertiary/aromatic N) is 3. The third kappa shape index (κ3) is 0.879. The lowest BCUT2D eigenvalue weighted by Crippen LogP contribution is -2.05. The van der Waals surface area contributed by atoms with E-state index < -0.39 is 0 Å². The van der Waals surface area contributed by atoms with Gasteiger partial charge in [0.1, 0.15) is 12.1 Å². The van der Waals surface area contributed by atoms with Crippen molar-refractivity contribution in [1.29, 1.82) is 0 Å². The lowest BCUT2D eigenvalue weighted by Gasteiger charge is -2.01. The topological polar surface area (TPSA) is 64.2 Å². The molecule has 0 radical (unpaired) electrons. The Kier molecular flexibility index (Phi) is 1.53. The molecule has 2 N–H and O–H groups in total. The Labute approximate surface area is 70.6 Å². The molecule has 0 saturated heterocycles. The largest absolute Gasteiger partial charge is 0.383 e. The molecule has 4 nitrogen and oxygen atoms in total. The predicted molar refractivity (Wildman–Crippen MR) is 47.0 cm³/mol. The van der Waals surface area contributed by atoms with E-state index in [1.54, 1.807) is 0 Å². The van der Waals surface area contributed by atoms with E-state index in [-0.39, 0.29) is 0 Å².